The zero-order valence-corrected chi connectivity index (χ0v) is 21.0. The van der Waals surface area contributed by atoms with Crippen LogP contribution < -0.4 is 19.5 Å². The van der Waals surface area contributed by atoms with Crippen molar-refractivity contribution in [2.24, 2.45) is 15.9 Å². The topological polar surface area (TPSA) is 111 Å². The van der Waals surface area contributed by atoms with Crippen LogP contribution in [0.1, 0.15) is 42.7 Å². The summed E-state index contributed by atoms with van der Waals surface area (Å²) in [5.41, 5.74) is 7.21. The molecule has 0 radical (unpaired) electrons. The number of aromatic nitrogens is 2. The highest BCUT2D eigenvalue weighted by atomic mass is 32.2. The van der Waals surface area contributed by atoms with Gasteiger partial charge in [0.05, 0.1) is 14.2 Å². The first-order valence-corrected chi connectivity index (χ1v) is 11.6. The Morgan fingerprint density at radius 2 is 1.74 bits per heavy atom. The van der Waals surface area contributed by atoms with E-state index < -0.39 is 0 Å². The Bertz CT molecular complexity index is 1120. The Balaban J connectivity index is 2.13. The second-order valence-electron chi connectivity index (χ2n) is 7.62. The van der Waals surface area contributed by atoms with Crippen molar-refractivity contribution >= 4 is 29.8 Å². The Labute approximate surface area is 204 Å². The summed E-state index contributed by atoms with van der Waals surface area (Å²) in [7, 11) is 3.22. The molecule has 0 bridgehead atoms. The maximum atomic E-state index is 5.93. The van der Waals surface area contributed by atoms with Gasteiger partial charge in [-0.05, 0) is 55.6 Å². The van der Waals surface area contributed by atoms with E-state index in [-0.39, 0.29) is 11.2 Å². The molecule has 2 N–H and O–H groups in total. The number of nitrogens with zero attached hydrogens (tertiary/aromatic N) is 5. The second kappa shape index (κ2) is 11.6. The molecule has 9 nitrogen and oxygen atoms in total. The van der Waals surface area contributed by atoms with Crippen molar-refractivity contribution < 1.29 is 13.9 Å². The minimum absolute atomic E-state index is 0.0143. The summed E-state index contributed by atoms with van der Waals surface area (Å²) in [5, 5.41) is 8.35. The van der Waals surface area contributed by atoms with Crippen LogP contribution in [-0.4, -0.2) is 41.6 Å². The molecule has 2 heterocycles. The first kappa shape index (κ1) is 25.1. The molecule has 1 aromatic carbocycles. The number of para-hydroxylation sites is 1. The van der Waals surface area contributed by atoms with Crippen LogP contribution in [-0.2, 0) is 0 Å². The van der Waals surface area contributed by atoms with E-state index in [0.717, 1.165) is 23.5 Å². The number of furan rings is 1. The Kier molecular flexibility index (Phi) is 8.53. The summed E-state index contributed by atoms with van der Waals surface area (Å²) in [6, 6.07) is 9.29. The van der Waals surface area contributed by atoms with Gasteiger partial charge in [-0.3, -0.25) is 4.31 Å². The molecule has 0 aliphatic carbocycles. The minimum Gasteiger partial charge on any atom is -0.494 e. The third-order valence-corrected chi connectivity index (χ3v) is 6.47. The van der Waals surface area contributed by atoms with Gasteiger partial charge in [0.15, 0.2) is 5.76 Å². The lowest BCUT2D eigenvalue weighted by Crippen LogP contribution is -2.29. The largest absolute Gasteiger partial charge is 0.494 e. The Morgan fingerprint density at radius 3 is 2.26 bits per heavy atom. The monoisotopic (exact) mass is 482 g/mol. The zero-order chi connectivity index (χ0) is 24.7. The Morgan fingerprint density at radius 1 is 1.09 bits per heavy atom. The van der Waals surface area contributed by atoms with Gasteiger partial charge in [0.25, 0.3) is 0 Å². The van der Waals surface area contributed by atoms with Crippen LogP contribution in [0.15, 0.2) is 57.3 Å². The molecule has 0 spiro atoms. The SMILES string of the molecule is COc1cccc(OC)c1N(SC(C)C(C)c1ncc(C)cn1)/C(=N\N=C\N)c1ccc(C)o1. The van der Waals surface area contributed by atoms with Crippen LogP contribution in [0.2, 0.25) is 0 Å². The van der Waals surface area contributed by atoms with Crippen molar-refractivity contribution in [3.05, 3.63) is 65.6 Å². The van der Waals surface area contributed by atoms with Crippen LogP contribution in [0.3, 0.4) is 0 Å². The number of hydrogen-bond acceptors (Lipinski definition) is 8. The number of amidine groups is 1. The molecule has 34 heavy (non-hydrogen) atoms. The number of rotatable bonds is 9. The molecule has 0 amide bonds. The van der Waals surface area contributed by atoms with Crippen molar-refractivity contribution in [2.45, 2.75) is 38.9 Å². The number of nitrogens with two attached hydrogens (primary N) is 1. The van der Waals surface area contributed by atoms with Gasteiger partial charge >= 0.3 is 0 Å². The zero-order valence-electron chi connectivity index (χ0n) is 20.2. The fourth-order valence-corrected chi connectivity index (χ4v) is 4.33. The lowest BCUT2D eigenvalue weighted by atomic mass is 10.1. The maximum Gasteiger partial charge on any atom is 0.209 e. The van der Waals surface area contributed by atoms with Gasteiger partial charge in [-0.25, -0.2) is 9.97 Å². The van der Waals surface area contributed by atoms with Crippen molar-refractivity contribution in [2.75, 3.05) is 18.5 Å². The molecular weight excluding hydrogens is 452 g/mol. The molecule has 3 aromatic rings. The molecule has 0 saturated carbocycles. The fourth-order valence-electron chi connectivity index (χ4n) is 3.18. The summed E-state index contributed by atoms with van der Waals surface area (Å²) >= 11 is 1.51. The second-order valence-corrected chi connectivity index (χ2v) is 8.94. The molecule has 180 valence electrons. The molecular formula is C24H30N6O3S. The highest BCUT2D eigenvalue weighted by Crippen LogP contribution is 2.44. The van der Waals surface area contributed by atoms with E-state index in [9.17, 15) is 0 Å². The van der Waals surface area contributed by atoms with Gasteiger partial charge in [-0.1, -0.05) is 19.9 Å². The van der Waals surface area contributed by atoms with Crippen molar-refractivity contribution in [1.82, 2.24) is 9.97 Å². The molecule has 2 atom stereocenters. The van der Waals surface area contributed by atoms with E-state index >= 15 is 0 Å². The molecule has 0 saturated heterocycles. The van der Waals surface area contributed by atoms with E-state index in [4.69, 9.17) is 19.6 Å². The number of benzene rings is 1. The third-order valence-electron chi connectivity index (χ3n) is 5.16. The first-order valence-electron chi connectivity index (χ1n) is 10.7. The highest BCUT2D eigenvalue weighted by molar-refractivity contribution is 8.02. The molecule has 0 fully saturated rings. The average molecular weight is 483 g/mol. The van der Waals surface area contributed by atoms with Gasteiger partial charge < -0.3 is 19.6 Å². The third kappa shape index (κ3) is 5.69. The quantitative estimate of drug-likeness (QED) is 0.202. The maximum absolute atomic E-state index is 5.93. The van der Waals surface area contributed by atoms with Gasteiger partial charge in [0.2, 0.25) is 5.84 Å². The van der Waals surface area contributed by atoms with E-state index in [1.807, 2.05) is 60.9 Å². The van der Waals surface area contributed by atoms with Gasteiger partial charge in [0, 0.05) is 23.6 Å². The minimum atomic E-state index is 0.0143. The molecule has 0 aliphatic heterocycles. The van der Waals surface area contributed by atoms with Crippen molar-refractivity contribution in [3.8, 4) is 11.5 Å². The van der Waals surface area contributed by atoms with Crippen LogP contribution >= 0.6 is 11.9 Å². The summed E-state index contributed by atoms with van der Waals surface area (Å²) in [4.78, 5) is 9.04. The van der Waals surface area contributed by atoms with E-state index in [1.54, 1.807) is 14.2 Å². The first-order chi connectivity index (χ1) is 16.4. The number of anilines is 1. The lowest BCUT2D eigenvalue weighted by Gasteiger charge is -2.30. The highest BCUT2D eigenvalue weighted by Gasteiger charge is 2.30. The van der Waals surface area contributed by atoms with E-state index in [2.05, 4.69) is 34.0 Å². The van der Waals surface area contributed by atoms with Gasteiger partial charge in [-0.15, -0.1) is 10.2 Å². The smallest absolute Gasteiger partial charge is 0.209 e. The van der Waals surface area contributed by atoms with Crippen LogP contribution in [0.5, 0.6) is 11.5 Å². The predicted octanol–water partition coefficient (Wildman–Crippen LogP) is 4.70. The average Bonchev–Trinajstić information content (AvgIpc) is 3.28. The predicted molar refractivity (Wildman–Crippen MR) is 137 cm³/mol. The number of aryl methyl sites for hydroxylation is 2. The van der Waals surface area contributed by atoms with E-state index in [0.29, 0.717) is 28.8 Å². The molecule has 0 aliphatic rings. The normalized spacial score (nSPS) is 13.6. The van der Waals surface area contributed by atoms with Crippen LogP contribution in [0.25, 0.3) is 0 Å². The molecule has 10 heteroatoms. The Hall–Kier alpha value is -3.53. The molecule has 3 rings (SSSR count). The van der Waals surface area contributed by atoms with Crippen molar-refractivity contribution in [1.29, 1.82) is 0 Å². The van der Waals surface area contributed by atoms with Crippen LogP contribution in [0, 0.1) is 13.8 Å². The molecule has 2 unspecified atom stereocenters. The van der Waals surface area contributed by atoms with Gasteiger partial charge in [-0.2, -0.15) is 0 Å². The number of ether oxygens (including phenoxy) is 2. The lowest BCUT2D eigenvalue weighted by molar-refractivity contribution is 0.397. The van der Waals surface area contributed by atoms with E-state index in [1.165, 1.54) is 11.9 Å². The molecule has 2 aromatic heterocycles. The van der Waals surface area contributed by atoms with Crippen molar-refractivity contribution in [3.63, 3.8) is 0 Å². The number of methoxy groups -OCH3 is 2. The van der Waals surface area contributed by atoms with Crippen LogP contribution in [0.4, 0.5) is 5.69 Å². The number of hydrogen-bond donors (Lipinski definition) is 1. The summed E-state index contributed by atoms with van der Waals surface area (Å²) in [6.45, 7) is 8.03. The van der Waals surface area contributed by atoms with Gasteiger partial charge in [0.1, 0.15) is 35.1 Å². The summed E-state index contributed by atoms with van der Waals surface area (Å²) in [6.07, 6.45) is 4.78. The summed E-state index contributed by atoms with van der Waals surface area (Å²) < 4.78 is 19.2. The summed E-state index contributed by atoms with van der Waals surface area (Å²) in [5.74, 6) is 3.68. The standard InChI is InChI=1S/C24H30N6O3S/c1-15-12-26-23(27-13-15)17(3)18(4)34-30(22-19(31-5)8-7-9-20(22)32-6)24(29-28-14-25)21-11-10-16(2)33-21/h7-14,17-18H,1-6H3,(H2,25,28)/b29-24-. The fraction of sp³-hybridized carbons (Fsp3) is 0.333.